The number of fused-ring (bicyclic) bond motifs is 1. The van der Waals surface area contributed by atoms with Gasteiger partial charge in [-0.25, -0.2) is 9.67 Å². The van der Waals surface area contributed by atoms with Gasteiger partial charge in [-0.3, -0.25) is 9.20 Å². The van der Waals surface area contributed by atoms with Crippen LogP contribution >= 0.6 is 11.6 Å². The number of aryl methyl sites for hydroxylation is 2. The lowest BCUT2D eigenvalue weighted by molar-refractivity contribution is 0.307. The van der Waals surface area contributed by atoms with Gasteiger partial charge in [-0.1, -0.05) is 56.6 Å². The molecule has 0 saturated heterocycles. The summed E-state index contributed by atoms with van der Waals surface area (Å²) in [6, 6.07) is 21.4. The minimum absolute atomic E-state index is 0.0958. The van der Waals surface area contributed by atoms with Gasteiger partial charge in [0.05, 0.1) is 16.9 Å². The molecule has 37 heavy (non-hydrogen) atoms. The van der Waals surface area contributed by atoms with Crippen LogP contribution in [0.2, 0.25) is 5.02 Å². The fourth-order valence-corrected chi connectivity index (χ4v) is 4.48. The normalized spacial score (nSPS) is 11.7. The fraction of sp³-hybridized carbons (Fsp3) is 0.233. The lowest BCUT2D eigenvalue weighted by Crippen LogP contribution is -2.19. The Morgan fingerprint density at radius 2 is 1.68 bits per heavy atom. The summed E-state index contributed by atoms with van der Waals surface area (Å²) in [5.74, 6) is 0.553. The second kappa shape index (κ2) is 9.52. The monoisotopic (exact) mass is 512 g/mol. The maximum absolute atomic E-state index is 13.6. The number of aromatic nitrogens is 4. The topological polar surface area (TPSA) is 61.4 Å². The molecule has 0 fully saturated rings. The van der Waals surface area contributed by atoms with Gasteiger partial charge in [0.25, 0.3) is 5.56 Å². The van der Waals surface area contributed by atoms with Crippen LogP contribution in [-0.2, 0) is 12.0 Å². The van der Waals surface area contributed by atoms with Crippen molar-refractivity contribution in [2.24, 2.45) is 0 Å². The van der Waals surface area contributed by atoms with Crippen LogP contribution in [0.15, 0.2) is 77.7 Å². The zero-order valence-electron chi connectivity index (χ0n) is 21.6. The molecular weight excluding hydrogens is 484 g/mol. The van der Waals surface area contributed by atoms with Crippen molar-refractivity contribution in [3.63, 3.8) is 0 Å². The van der Waals surface area contributed by atoms with Crippen LogP contribution in [0.25, 0.3) is 22.6 Å². The summed E-state index contributed by atoms with van der Waals surface area (Å²) in [6.45, 7) is 10.7. The minimum atomic E-state index is -0.191. The molecule has 0 N–H and O–H groups in total. The van der Waals surface area contributed by atoms with Crippen molar-refractivity contribution in [3.8, 4) is 22.7 Å². The average molecular weight is 513 g/mol. The third-order valence-electron chi connectivity index (χ3n) is 6.43. The fourth-order valence-electron chi connectivity index (χ4n) is 4.35. The van der Waals surface area contributed by atoms with Gasteiger partial charge in [0.2, 0.25) is 0 Å². The summed E-state index contributed by atoms with van der Waals surface area (Å²) in [6.07, 6.45) is 1.71. The van der Waals surface area contributed by atoms with Crippen molar-refractivity contribution in [2.75, 3.05) is 0 Å². The summed E-state index contributed by atoms with van der Waals surface area (Å²) in [7, 11) is 0. The van der Waals surface area contributed by atoms with Gasteiger partial charge in [0.15, 0.2) is 11.4 Å². The number of pyridine rings is 1. The summed E-state index contributed by atoms with van der Waals surface area (Å²) >= 11 is 6.04. The number of halogens is 1. The van der Waals surface area contributed by atoms with E-state index in [1.54, 1.807) is 16.9 Å². The molecule has 3 heterocycles. The lowest BCUT2D eigenvalue weighted by Gasteiger charge is -2.19. The van der Waals surface area contributed by atoms with E-state index in [0.29, 0.717) is 40.0 Å². The molecule has 0 amide bonds. The molecule has 5 aromatic rings. The van der Waals surface area contributed by atoms with E-state index in [4.69, 9.17) is 26.4 Å². The van der Waals surface area contributed by atoms with Crippen molar-refractivity contribution in [3.05, 3.63) is 111 Å². The molecule has 5 rings (SSSR count). The second-order valence-corrected chi connectivity index (χ2v) is 10.7. The smallest absolute Gasteiger partial charge is 0.267 e. The molecule has 0 aliphatic heterocycles. The van der Waals surface area contributed by atoms with E-state index in [-0.39, 0.29) is 11.0 Å². The Kier molecular flexibility index (Phi) is 6.38. The van der Waals surface area contributed by atoms with Gasteiger partial charge in [0, 0.05) is 16.9 Å². The molecule has 0 radical (unpaired) electrons. The first kappa shape index (κ1) is 24.8. The predicted molar refractivity (Wildman–Crippen MR) is 148 cm³/mol. The molecule has 188 valence electrons. The van der Waals surface area contributed by atoms with E-state index in [1.807, 2.05) is 50.2 Å². The van der Waals surface area contributed by atoms with Crippen molar-refractivity contribution < 1.29 is 4.74 Å². The number of benzene rings is 2. The number of hydrogen-bond acceptors (Lipinski definition) is 4. The third-order valence-corrected chi connectivity index (χ3v) is 6.68. The van der Waals surface area contributed by atoms with Gasteiger partial charge in [-0.2, -0.15) is 5.10 Å². The number of nitrogens with zero attached hydrogens (tertiary/aromatic N) is 4. The van der Waals surface area contributed by atoms with E-state index in [2.05, 4.69) is 45.0 Å². The van der Waals surface area contributed by atoms with Gasteiger partial charge in [-0.05, 0) is 72.9 Å². The first-order valence-corrected chi connectivity index (χ1v) is 12.6. The maximum atomic E-state index is 13.6. The van der Waals surface area contributed by atoms with Crippen LogP contribution in [0.1, 0.15) is 43.3 Å². The maximum Gasteiger partial charge on any atom is 0.267 e. The first-order valence-electron chi connectivity index (χ1n) is 12.2. The van der Waals surface area contributed by atoms with Crippen molar-refractivity contribution in [1.82, 2.24) is 19.2 Å². The Hall–Kier alpha value is -3.90. The Balaban J connectivity index is 1.48. The Morgan fingerprint density at radius 1 is 0.973 bits per heavy atom. The van der Waals surface area contributed by atoms with E-state index in [1.165, 1.54) is 9.96 Å². The molecule has 0 spiro atoms. The molecule has 0 aliphatic carbocycles. The van der Waals surface area contributed by atoms with Crippen LogP contribution in [0.4, 0.5) is 0 Å². The average Bonchev–Trinajstić information content (AvgIpc) is 3.24. The third kappa shape index (κ3) is 4.89. The molecule has 2 aromatic carbocycles. The quantitative estimate of drug-likeness (QED) is 0.263. The Bertz CT molecular complexity index is 1640. The highest BCUT2D eigenvalue weighted by atomic mass is 35.5. The van der Waals surface area contributed by atoms with Crippen LogP contribution in [0, 0.1) is 13.8 Å². The van der Waals surface area contributed by atoms with Crippen LogP contribution in [0.5, 0.6) is 5.75 Å². The first-order chi connectivity index (χ1) is 17.6. The van der Waals surface area contributed by atoms with E-state index in [0.717, 1.165) is 16.9 Å². The molecule has 0 atom stereocenters. The highest BCUT2D eigenvalue weighted by Gasteiger charge is 2.19. The van der Waals surface area contributed by atoms with Crippen molar-refractivity contribution in [2.45, 2.75) is 46.6 Å². The van der Waals surface area contributed by atoms with Crippen LogP contribution < -0.4 is 10.3 Å². The molecule has 0 saturated carbocycles. The summed E-state index contributed by atoms with van der Waals surface area (Å²) in [4.78, 5) is 18.4. The summed E-state index contributed by atoms with van der Waals surface area (Å²) in [5.41, 5.74) is 6.10. The predicted octanol–water partition coefficient (Wildman–Crippen LogP) is 6.69. The van der Waals surface area contributed by atoms with Crippen LogP contribution in [-0.4, -0.2) is 19.2 Å². The lowest BCUT2D eigenvalue weighted by atomic mass is 9.87. The molecular formula is C30H29ClN4O2. The number of ether oxygens (including phenoxy) is 1. The molecule has 0 unspecified atom stereocenters. The summed E-state index contributed by atoms with van der Waals surface area (Å²) in [5, 5.41) is 5.37. The number of hydrogen-bond donors (Lipinski definition) is 0. The van der Waals surface area contributed by atoms with Gasteiger partial charge >= 0.3 is 0 Å². The largest absolute Gasteiger partial charge is 0.485 e. The standard InChI is InChI=1S/C30H29ClN4O2/c1-19-17-25(33-35(19)24-14-12-23(31)13-15-24)27-20(2)32-28-26(7-6-16-34(28)29(27)36)37-18-21-8-10-22(11-9-21)30(3,4)5/h6-17H,18H2,1-5H3. The van der Waals surface area contributed by atoms with Gasteiger partial charge in [-0.15, -0.1) is 0 Å². The zero-order chi connectivity index (χ0) is 26.3. The van der Waals surface area contributed by atoms with Gasteiger partial charge in [0.1, 0.15) is 12.3 Å². The van der Waals surface area contributed by atoms with Crippen LogP contribution in [0.3, 0.4) is 0 Å². The zero-order valence-corrected chi connectivity index (χ0v) is 22.4. The summed E-state index contributed by atoms with van der Waals surface area (Å²) < 4.78 is 9.44. The van der Waals surface area contributed by atoms with Crippen molar-refractivity contribution in [1.29, 1.82) is 0 Å². The Morgan fingerprint density at radius 3 is 2.35 bits per heavy atom. The Labute approximate surface area is 221 Å². The number of rotatable bonds is 5. The van der Waals surface area contributed by atoms with Crippen molar-refractivity contribution >= 4 is 17.2 Å². The van der Waals surface area contributed by atoms with E-state index in [9.17, 15) is 4.79 Å². The molecule has 6 nitrogen and oxygen atoms in total. The highest BCUT2D eigenvalue weighted by molar-refractivity contribution is 6.30. The molecule has 0 aliphatic rings. The van der Waals surface area contributed by atoms with Gasteiger partial charge < -0.3 is 4.74 Å². The molecule has 7 heteroatoms. The van der Waals surface area contributed by atoms with E-state index >= 15 is 0 Å². The highest BCUT2D eigenvalue weighted by Crippen LogP contribution is 2.26. The molecule has 3 aromatic heterocycles. The van der Waals surface area contributed by atoms with E-state index < -0.39 is 0 Å². The second-order valence-electron chi connectivity index (χ2n) is 10.2. The molecule has 0 bridgehead atoms. The SMILES string of the molecule is Cc1nc2c(OCc3ccc(C(C)(C)C)cc3)cccn2c(=O)c1-c1cc(C)n(-c2ccc(Cl)cc2)n1. The minimum Gasteiger partial charge on any atom is -0.485 e.